The van der Waals surface area contributed by atoms with Crippen LogP contribution in [0.2, 0.25) is 0 Å². The largest absolute Gasteiger partial charge is 0.456 e. The van der Waals surface area contributed by atoms with E-state index < -0.39 is 16.5 Å². The second-order valence-electron chi connectivity index (χ2n) is 7.16. The van der Waals surface area contributed by atoms with Crippen LogP contribution < -0.4 is 0 Å². The highest BCUT2D eigenvalue weighted by Crippen LogP contribution is 2.54. The Morgan fingerprint density at radius 2 is 1.72 bits per heavy atom. The van der Waals surface area contributed by atoms with Crippen LogP contribution in [0.4, 0.5) is 5.69 Å². The van der Waals surface area contributed by atoms with E-state index in [9.17, 15) is 14.9 Å². The highest BCUT2D eigenvalue weighted by molar-refractivity contribution is 5.90. The summed E-state index contributed by atoms with van der Waals surface area (Å²) in [6, 6.07) is 14.0. The van der Waals surface area contributed by atoms with Crippen molar-refractivity contribution in [2.24, 2.45) is 5.92 Å². The van der Waals surface area contributed by atoms with Gasteiger partial charge >= 0.3 is 5.97 Å². The lowest BCUT2D eigenvalue weighted by Crippen LogP contribution is -2.31. The van der Waals surface area contributed by atoms with Gasteiger partial charge in [-0.25, -0.2) is 4.79 Å². The molecule has 0 unspecified atom stereocenters. The molecule has 0 radical (unpaired) electrons. The minimum Gasteiger partial charge on any atom is -0.456 e. The number of nitro benzene ring substituents is 1. The first kappa shape index (κ1) is 17.1. The van der Waals surface area contributed by atoms with Gasteiger partial charge in [-0.15, -0.1) is 0 Å². The van der Waals surface area contributed by atoms with Gasteiger partial charge in [0.15, 0.2) is 0 Å². The molecule has 130 valence electrons. The molecule has 5 heteroatoms. The summed E-state index contributed by atoms with van der Waals surface area (Å²) in [5, 5.41) is 10.7. The smallest absolute Gasteiger partial charge is 0.338 e. The molecule has 2 aromatic rings. The third kappa shape index (κ3) is 3.71. The van der Waals surface area contributed by atoms with Crippen LogP contribution in [0, 0.1) is 23.0 Å². The molecule has 0 heterocycles. The molecule has 25 heavy (non-hydrogen) atoms. The number of carbonyl (C=O) groups is 1. The zero-order chi connectivity index (χ0) is 18.2. The normalized spacial score (nSPS) is 19.3. The fourth-order valence-electron chi connectivity index (χ4n) is 3.24. The Bertz CT molecular complexity index is 793. The van der Waals surface area contributed by atoms with Crippen LogP contribution in [-0.4, -0.2) is 16.5 Å². The van der Waals surface area contributed by atoms with Gasteiger partial charge in [-0.3, -0.25) is 10.1 Å². The average molecular weight is 339 g/mol. The number of aryl methyl sites for hydroxylation is 1. The number of rotatable bonds is 5. The van der Waals surface area contributed by atoms with E-state index in [0.29, 0.717) is 11.5 Å². The predicted octanol–water partition coefficient (Wildman–Crippen LogP) is 4.64. The van der Waals surface area contributed by atoms with Crippen molar-refractivity contribution in [3.63, 3.8) is 0 Å². The van der Waals surface area contributed by atoms with Gasteiger partial charge in [-0.1, -0.05) is 29.8 Å². The highest BCUT2D eigenvalue weighted by atomic mass is 16.6. The first-order valence-electron chi connectivity index (χ1n) is 8.32. The first-order valence-corrected chi connectivity index (χ1v) is 8.32. The lowest BCUT2D eigenvalue weighted by Gasteiger charge is -2.26. The summed E-state index contributed by atoms with van der Waals surface area (Å²) in [5.41, 5.74) is 2.19. The SMILES string of the molecule is Cc1ccc([C@H]2C[C@@H]2C(C)(C)OC(=O)c2ccc([N+](=O)[O-])cc2)cc1. The van der Waals surface area contributed by atoms with Crippen molar-refractivity contribution in [1.29, 1.82) is 0 Å². The highest BCUT2D eigenvalue weighted by Gasteiger charge is 2.50. The topological polar surface area (TPSA) is 69.4 Å². The van der Waals surface area contributed by atoms with Crippen molar-refractivity contribution in [2.75, 3.05) is 0 Å². The van der Waals surface area contributed by atoms with Gasteiger partial charge in [0.2, 0.25) is 0 Å². The maximum atomic E-state index is 12.4. The van der Waals surface area contributed by atoms with Crippen molar-refractivity contribution in [3.05, 3.63) is 75.3 Å². The van der Waals surface area contributed by atoms with E-state index in [0.717, 1.165) is 6.42 Å². The molecule has 2 atom stereocenters. The van der Waals surface area contributed by atoms with Crippen molar-refractivity contribution in [2.45, 2.75) is 38.7 Å². The van der Waals surface area contributed by atoms with Crippen LogP contribution in [0.3, 0.4) is 0 Å². The second-order valence-corrected chi connectivity index (χ2v) is 7.16. The molecule has 1 saturated carbocycles. The van der Waals surface area contributed by atoms with Crippen molar-refractivity contribution < 1.29 is 14.5 Å². The van der Waals surface area contributed by atoms with Gasteiger partial charge in [0.1, 0.15) is 5.60 Å². The molecule has 1 aliphatic carbocycles. The molecule has 2 aromatic carbocycles. The van der Waals surface area contributed by atoms with Crippen molar-refractivity contribution in [3.8, 4) is 0 Å². The zero-order valence-corrected chi connectivity index (χ0v) is 14.6. The number of hydrogen-bond acceptors (Lipinski definition) is 4. The van der Waals surface area contributed by atoms with Crippen LogP contribution >= 0.6 is 0 Å². The molecule has 0 saturated heterocycles. The molecule has 0 spiro atoms. The zero-order valence-electron chi connectivity index (χ0n) is 14.6. The van der Waals surface area contributed by atoms with Crippen LogP contribution in [0.1, 0.15) is 47.7 Å². The second kappa shape index (κ2) is 6.31. The van der Waals surface area contributed by atoms with Gasteiger partial charge in [-0.2, -0.15) is 0 Å². The van der Waals surface area contributed by atoms with E-state index in [1.807, 2.05) is 13.8 Å². The quantitative estimate of drug-likeness (QED) is 0.452. The van der Waals surface area contributed by atoms with Crippen LogP contribution in [0.25, 0.3) is 0 Å². The summed E-state index contributed by atoms with van der Waals surface area (Å²) >= 11 is 0. The number of ether oxygens (including phenoxy) is 1. The van der Waals surface area contributed by atoms with E-state index in [1.165, 1.54) is 35.4 Å². The maximum absolute atomic E-state index is 12.4. The minimum atomic E-state index is -0.589. The summed E-state index contributed by atoms with van der Waals surface area (Å²) < 4.78 is 5.71. The van der Waals surface area contributed by atoms with Gasteiger partial charge in [0.25, 0.3) is 5.69 Å². The minimum absolute atomic E-state index is 0.0440. The van der Waals surface area contributed by atoms with Crippen LogP contribution in [0.15, 0.2) is 48.5 Å². The number of esters is 1. The third-order valence-electron chi connectivity index (χ3n) is 4.86. The van der Waals surface area contributed by atoms with E-state index in [1.54, 1.807) is 0 Å². The predicted molar refractivity (Wildman–Crippen MR) is 94.6 cm³/mol. The molecule has 1 aliphatic rings. The number of nitro groups is 1. The standard InChI is InChI=1S/C20H21NO4/c1-13-4-6-14(7-5-13)17-12-18(17)20(2,3)25-19(22)15-8-10-16(11-9-15)21(23)24/h4-11,17-18H,12H2,1-3H3/t17-,18+/m1/s1. The summed E-state index contributed by atoms with van der Waals surface area (Å²) in [7, 11) is 0. The average Bonchev–Trinajstić information content (AvgIpc) is 3.37. The van der Waals surface area contributed by atoms with Crippen molar-refractivity contribution >= 4 is 11.7 Å². The number of hydrogen-bond donors (Lipinski definition) is 0. The van der Waals surface area contributed by atoms with E-state index in [4.69, 9.17) is 4.74 Å². The summed E-state index contributed by atoms with van der Waals surface area (Å²) in [4.78, 5) is 22.6. The van der Waals surface area contributed by atoms with Gasteiger partial charge in [0.05, 0.1) is 10.5 Å². The van der Waals surface area contributed by atoms with Crippen LogP contribution in [-0.2, 0) is 4.74 Å². The first-order chi connectivity index (χ1) is 11.8. The Morgan fingerprint density at radius 1 is 1.12 bits per heavy atom. The summed E-state index contributed by atoms with van der Waals surface area (Å²) in [6.45, 7) is 5.91. The van der Waals surface area contributed by atoms with Gasteiger partial charge < -0.3 is 4.74 Å². The van der Waals surface area contributed by atoms with Gasteiger partial charge in [-0.05, 0) is 50.8 Å². The molecule has 0 aromatic heterocycles. The Morgan fingerprint density at radius 3 is 2.28 bits per heavy atom. The fraction of sp³-hybridized carbons (Fsp3) is 0.350. The molecule has 0 N–H and O–H groups in total. The van der Waals surface area contributed by atoms with E-state index in [2.05, 4.69) is 31.2 Å². The lowest BCUT2D eigenvalue weighted by molar-refractivity contribution is -0.384. The fourth-order valence-corrected chi connectivity index (χ4v) is 3.24. The molecule has 0 aliphatic heterocycles. The maximum Gasteiger partial charge on any atom is 0.338 e. The summed E-state index contributed by atoms with van der Waals surface area (Å²) in [6.07, 6.45) is 0.990. The molecular formula is C20H21NO4. The number of benzene rings is 2. The van der Waals surface area contributed by atoms with E-state index in [-0.39, 0.29) is 11.6 Å². The lowest BCUT2D eigenvalue weighted by atomic mass is 9.97. The van der Waals surface area contributed by atoms with Gasteiger partial charge in [0, 0.05) is 18.1 Å². The van der Waals surface area contributed by atoms with Crippen LogP contribution in [0.5, 0.6) is 0 Å². The molecule has 5 nitrogen and oxygen atoms in total. The number of carbonyl (C=O) groups excluding carboxylic acids is 1. The Balaban J connectivity index is 1.66. The Hall–Kier alpha value is -2.69. The molecule has 1 fully saturated rings. The summed E-state index contributed by atoms with van der Waals surface area (Å²) in [5.74, 6) is 0.229. The Kier molecular flexibility index (Phi) is 4.33. The monoisotopic (exact) mass is 339 g/mol. The Labute approximate surface area is 146 Å². The molecule has 0 bridgehead atoms. The number of nitrogens with zero attached hydrogens (tertiary/aromatic N) is 1. The molecule has 3 rings (SSSR count). The molecular weight excluding hydrogens is 318 g/mol. The number of non-ortho nitro benzene ring substituents is 1. The van der Waals surface area contributed by atoms with E-state index >= 15 is 0 Å². The third-order valence-corrected chi connectivity index (χ3v) is 4.86. The van der Waals surface area contributed by atoms with Crippen molar-refractivity contribution in [1.82, 2.24) is 0 Å². The molecule has 0 amide bonds.